The third-order valence-electron chi connectivity index (χ3n) is 2.40. The second-order valence-electron chi connectivity index (χ2n) is 3.48. The number of aromatic nitrogens is 4. The first-order chi connectivity index (χ1) is 8.25. The van der Waals surface area contributed by atoms with Crippen LogP contribution in [0.15, 0.2) is 41.5 Å². The van der Waals surface area contributed by atoms with Crippen molar-refractivity contribution in [3.63, 3.8) is 0 Å². The fraction of sp³-hybridized carbons (Fsp3) is 0. The molecule has 2 heterocycles. The number of para-hydroxylation sites is 1. The van der Waals surface area contributed by atoms with Crippen molar-refractivity contribution in [2.75, 3.05) is 0 Å². The van der Waals surface area contributed by atoms with Crippen LogP contribution in [0.25, 0.3) is 16.9 Å². The number of hydrogen-bond donors (Lipinski definition) is 1. The minimum absolute atomic E-state index is 0.0433. The number of fused-ring (bicyclic) bond motifs is 1. The van der Waals surface area contributed by atoms with Crippen LogP contribution in [0.4, 0.5) is 4.39 Å². The Labute approximate surface area is 94.5 Å². The second kappa shape index (κ2) is 3.51. The van der Waals surface area contributed by atoms with Gasteiger partial charge in [0.2, 0.25) is 5.95 Å². The van der Waals surface area contributed by atoms with Gasteiger partial charge in [-0.05, 0) is 18.2 Å². The molecule has 3 aromatic rings. The van der Waals surface area contributed by atoms with Crippen LogP contribution in [0.5, 0.6) is 0 Å². The SMILES string of the molecule is O=c1[nH]c(-n2cccn2)nc2c(F)cccc12. The highest BCUT2D eigenvalue weighted by atomic mass is 19.1. The normalized spacial score (nSPS) is 10.9. The van der Waals surface area contributed by atoms with Gasteiger partial charge in [0.25, 0.3) is 5.56 Å². The molecule has 1 N–H and O–H groups in total. The molecular weight excluding hydrogens is 223 g/mol. The van der Waals surface area contributed by atoms with Crippen LogP contribution in [-0.2, 0) is 0 Å². The molecule has 0 fully saturated rings. The first-order valence-electron chi connectivity index (χ1n) is 4.94. The predicted molar refractivity (Wildman–Crippen MR) is 59.4 cm³/mol. The molecule has 0 bridgehead atoms. The lowest BCUT2D eigenvalue weighted by Crippen LogP contribution is -2.14. The maximum Gasteiger partial charge on any atom is 0.260 e. The Morgan fingerprint density at radius 3 is 2.94 bits per heavy atom. The van der Waals surface area contributed by atoms with Gasteiger partial charge >= 0.3 is 0 Å². The number of hydrogen-bond acceptors (Lipinski definition) is 3. The van der Waals surface area contributed by atoms with Gasteiger partial charge in [0.05, 0.1) is 5.39 Å². The molecule has 0 unspecified atom stereocenters. The lowest BCUT2D eigenvalue weighted by Gasteiger charge is -2.02. The van der Waals surface area contributed by atoms with E-state index in [4.69, 9.17) is 0 Å². The van der Waals surface area contributed by atoms with E-state index < -0.39 is 5.82 Å². The maximum atomic E-state index is 13.5. The van der Waals surface area contributed by atoms with Gasteiger partial charge in [-0.15, -0.1) is 0 Å². The van der Waals surface area contributed by atoms with Crippen molar-refractivity contribution in [2.45, 2.75) is 0 Å². The molecule has 0 saturated carbocycles. The van der Waals surface area contributed by atoms with Crippen molar-refractivity contribution in [3.05, 3.63) is 52.8 Å². The molecule has 0 spiro atoms. The zero-order valence-electron chi connectivity index (χ0n) is 8.59. The molecule has 3 rings (SSSR count). The molecule has 2 aromatic heterocycles. The lowest BCUT2D eigenvalue weighted by atomic mass is 10.2. The summed E-state index contributed by atoms with van der Waals surface area (Å²) >= 11 is 0. The van der Waals surface area contributed by atoms with Gasteiger partial charge in [-0.25, -0.2) is 14.1 Å². The van der Waals surface area contributed by atoms with Gasteiger partial charge < -0.3 is 0 Å². The average molecular weight is 230 g/mol. The average Bonchev–Trinajstić information content (AvgIpc) is 2.84. The molecule has 0 radical (unpaired) electrons. The summed E-state index contributed by atoms with van der Waals surface area (Å²) in [6.45, 7) is 0. The summed E-state index contributed by atoms with van der Waals surface area (Å²) in [6.07, 6.45) is 3.16. The first kappa shape index (κ1) is 9.71. The highest BCUT2D eigenvalue weighted by Crippen LogP contribution is 2.12. The Bertz CT molecular complexity index is 733. The van der Waals surface area contributed by atoms with Crippen molar-refractivity contribution < 1.29 is 4.39 Å². The highest BCUT2D eigenvalue weighted by molar-refractivity contribution is 5.78. The summed E-state index contributed by atoms with van der Waals surface area (Å²) in [5.41, 5.74) is -0.346. The molecule has 84 valence electrons. The minimum atomic E-state index is -0.526. The Hall–Kier alpha value is -2.50. The van der Waals surface area contributed by atoms with E-state index >= 15 is 0 Å². The van der Waals surface area contributed by atoms with Crippen LogP contribution in [0.1, 0.15) is 0 Å². The fourth-order valence-electron chi connectivity index (χ4n) is 1.62. The summed E-state index contributed by atoms with van der Waals surface area (Å²) in [5, 5.41) is 4.15. The molecule has 0 aliphatic carbocycles. The number of H-pyrrole nitrogens is 1. The van der Waals surface area contributed by atoms with E-state index in [9.17, 15) is 9.18 Å². The van der Waals surface area contributed by atoms with E-state index in [1.54, 1.807) is 18.5 Å². The molecule has 0 amide bonds. The number of benzene rings is 1. The van der Waals surface area contributed by atoms with Crippen LogP contribution in [0, 0.1) is 5.82 Å². The molecule has 6 heteroatoms. The molecule has 5 nitrogen and oxygen atoms in total. The zero-order valence-corrected chi connectivity index (χ0v) is 8.59. The highest BCUT2D eigenvalue weighted by Gasteiger charge is 2.08. The fourth-order valence-corrected chi connectivity index (χ4v) is 1.62. The van der Waals surface area contributed by atoms with Gasteiger partial charge in [-0.1, -0.05) is 6.07 Å². The van der Waals surface area contributed by atoms with E-state index in [2.05, 4.69) is 15.1 Å². The molecular formula is C11H7FN4O. The van der Waals surface area contributed by atoms with Crippen LogP contribution >= 0.6 is 0 Å². The first-order valence-corrected chi connectivity index (χ1v) is 4.94. The molecule has 0 aliphatic rings. The van der Waals surface area contributed by atoms with Gasteiger partial charge in [-0.2, -0.15) is 5.10 Å². The standard InChI is InChI=1S/C11H7FN4O/c12-8-4-1-3-7-9(8)14-11(15-10(7)17)16-6-2-5-13-16/h1-6H,(H,14,15,17). The summed E-state index contributed by atoms with van der Waals surface area (Å²) in [6, 6.07) is 5.95. The van der Waals surface area contributed by atoms with Crippen LogP contribution in [0.3, 0.4) is 0 Å². The Kier molecular flexibility index (Phi) is 2.01. The smallest absolute Gasteiger partial charge is 0.260 e. The topological polar surface area (TPSA) is 63.6 Å². The number of nitrogens with one attached hydrogen (secondary N) is 1. The number of halogens is 1. The van der Waals surface area contributed by atoms with E-state index in [0.717, 1.165) is 0 Å². The van der Waals surface area contributed by atoms with E-state index in [-0.39, 0.29) is 22.4 Å². The largest absolute Gasteiger partial charge is 0.290 e. The monoisotopic (exact) mass is 230 g/mol. The summed E-state index contributed by atoms with van der Waals surface area (Å²) in [7, 11) is 0. The second-order valence-corrected chi connectivity index (χ2v) is 3.48. The summed E-state index contributed by atoms with van der Waals surface area (Å²) in [4.78, 5) is 18.3. The molecule has 0 atom stereocenters. The van der Waals surface area contributed by atoms with Crippen molar-refractivity contribution in [3.8, 4) is 5.95 Å². The molecule has 0 saturated heterocycles. The quantitative estimate of drug-likeness (QED) is 0.684. The Morgan fingerprint density at radius 2 is 2.18 bits per heavy atom. The van der Waals surface area contributed by atoms with E-state index in [1.807, 2.05) is 0 Å². The minimum Gasteiger partial charge on any atom is -0.290 e. The number of rotatable bonds is 1. The van der Waals surface area contributed by atoms with Crippen molar-refractivity contribution in [2.24, 2.45) is 0 Å². The van der Waals surface area contributed by atoms with Gasteiger partial charge in [0.1, 0.15) is 11.3 Å². The van der Waals surface area contributed by atoms with Crippen molar-refractivity contribution in [1.82, 2.24) is 19.7 Å². The zero-order chi connectivity index (χ0) is 11.8. The van der Waals surface area contributed by atoms with E-state index in [0.29, 0.717) is 0 Å². The Morgan fingerprint density at radius 1 is 1.29 bits per heavy atom. The summed E-state index contributed by atoms with van der Waals surface area (Å²) < 4.78 is 14.9. The van der Waals surface area contributed by atoms with Crippen LogP contribution < -0.4 is 5.56 Å². The van der Waals surface area contributed by atoms with Crippen molar-refractivity contribution >= 4 is 10.9 Å². The van der Waals surface area contributed by atoms with E-state index in [1.165, 1.54) is 22.9 Å². The van der Waals surface area contributed by atoms with Gasteiger partial charge in [0, 0.05) is 12.4 Å². The Balaban J connectivity index is 2.38. The van der Waals surface area contributed by atoms with Crippen LogP contribution in [-0.4, -0.2) is 19.7 Å². The van der Waals surface area contributed by atoms with Gasteiger partial charge in [-0.3, -0.25) is 9.78 Å². The van der Waals surface area contributed by atoms with Gasteiger partial charge in [0.15, 0.2) is 0 Å². The molecule has 1 aromatic carbocycles. The molecule has 17 heavy (non-hydrogen) atoms. The molecule has 0 aliphatic heterocycles. The third kappa shape index (κ3) is 1.50. The predicted octanol–water partition coefficient (Wildman–Crippen LogP) is 1.25. The lowest BCUT2D eigenvalue weighted by molar-refractivity contribution is 0.635. The number of nitrogens with zero attached hydrogens (tertiary/aromatic N) is 3. The number of aromatic amines is 1. The third-order valence-corrected chi connectivity index (χ3v) is 2.40. The summed E-state index contributed by atoms with van der Waals surface area (Å²) in [5.74, 6) is -0.334. The van der Waals surface area contributed by atoms with Crippen LogP contribution in [0.2, 0.25) is 0 Å². The van der Waals surface area contributed by atoms with Crippen molar-refractivity contribution in [1.29, 1.82) is 0 Å². The maximum absolute atomic E-state index is 13.5.